The predicted octanol–water partition coefficient (Wildman–Crippen LogP) is 3.41. The van der Waals surface area contributed by atoms with E-state index < -0.39 is 5.41 Å². The van der Waals surface area contributed by atoms with Gasteiger partial charge >= 0.3 is 0 Å². The molecule has 1 aliphatic carbocycles. The summed E-state index contributed by atoms with van der Waals surface area (Å²) in [6, 6.07) is 5.93. The average Bonchev–Trinajstić information content (AvgIpc) is 3.21. The zero-order valence-electron chi connectivity index (χ0n) is 21.9. The van der Waals surface area contributed by atoms with Crippen molar-refractivity contribution < 1.29 is 9.53 Å². The Kier molecular flexibility index (Phi) is 6.11. The highest BCUT2D eigenvalue weighted by atomic mass is 16.5. The maximum absolute atomic E-state index is 13.4. The Bertz CT molecular complexity index is 1200. The van der Waals surface area contributed by atoms with Crippen LogP contribution in [0.2, 0.25) is 0 Å². The maximum atomic E-state index is 13.4. The van der Waals surface area contributed by atoms with Gasteiger partial charge in [0, 0.05) is 56.0 Å². The number of carbonyl (C=O) groups is 1. The minimum absolute atomic E-state index is 0.00732. The van der Waals surface area contributed by atoms with Gasteiger partial charge in [0.05, 0.1) is 23.7 Å². The van der Waals surface area contributed by atoms with E-state index in [-0.39, 0.29) is 23.4 Å². The lowest BCUT2D eigenvalue weighted by Gasteiger charge is -2.48. The monoisotopic (exact) mass is 489 g/mol. The van der Waals surface area contributed by atoms with Gasteiger partial charge < -0.3 is 19.4 Å². The Balaban J connectivity index is 1.49. The van der Waals surface area contributed by atoms with Crippen LogP contribution in [0, 0.1) is 16.7 Å². The van der Waals surface area contributed by atoms with Crippen molar-refractivity contribution in [2.75, 3.05) is 43.2 Å². The van der Waals surface area contributed by atoms with E-state index in [2.05, 4.69) is 34.7 Å². The van der Waals surface area contributed by atoms with Crippen molar-refractivity contribution in [3.8, 4) is 6.07 Å². The molecule has 0 bridgehead atoms. The van der Waals surface area contributed by atoms with E-state index in [4.69, 9.17) is 14.7 Å². The average molecular weight is 490 g/mol. The van der Waals surface area contributed by atoms with E-state index in [1.54, 1.807) is 25.7 Å². The van der Waals surface area contributed by atoms with Crippen LogP contribution in [0.4, 0.5) is 17.5 Å². The number of nitriles is 1. The second-order valence-electron chi connectivity index (χ2n) is 11.3. The summed E-state index contributed by atoms with van der Waals surface area (Å²) in [6.07, 6.45) is 6.68. The standard InChI is InChI=1S/C27H35N7O2/c1-18-14-33(25(35)26(3,4)16-36-5)19(2)13-32(18)23-22-24(31-17-30-23)34(15-27(22)8-6-9-27)21-11-20(12-28)7-10-29-21/h7,10-11,17-19H,6,8-9,13-16H2,1-5H3/t18-,19+/m0/s1. The van der Waals surface area contributed by atoms with E-state index in [0.29, 0.717) is 25.3 Å². The number of anilines is 3. The van der Waals surface area contributed by atoms with E-state index in [1.165, 1.54) is 12.0 Å². The van der Waals surface area contributed by atoms with E-state index in [0.717, 1.165) is 36.8 Å². The zero-order chi connectivity index (χ0) is 25.7. The number of hydrogen-bond acceptors (Lipinski definition) is 8. The van der Waals surface area contributed by atoms with Gasteiger partial charge in [0.1, 0.15) is 23.8 Å². The second kappa shape index (κ2) is 9.00. The molecule has 1 spiro atoms. The summed E-state index contributed by atoms with van der Waals surface area (Å²) >= 11 is 0. The molecule has 190 valence electrons. The van der Waals surface area contributed by atoms with Crippen LogP contribution in [0.1, 0.15) is 58.1 Å². The first kappa shape index (κ1) is 24.4. The number of ether oxygens (including phenoxy) is 1. The van der Waals surface area contributed by atoms with Crippen molar-refractivity contribution in [2.24, 2.45) is 5.41 Å². The molecule has 3 aliphatic rings. The molecule has 1 saturated carbocycles. The number of pyridine rings is 1. The largest absolute Gasteiger partial charge is 0.384 e. The van der Waals surface area contributed by atoms with Gasteiger partial charge in [-0.15, -0.1) is 0 Å². The normalized spacial score (nSPS) is 22.8. The fourth-order valence-corrected chi connectivity index (χ4v) is 6.07. The van der Waals surface area contributed by atoms with Crippen LogP contribution in [0.15, 0.2) is 24.7 Å². The third kappa shape index (κ3) is 3.88. The van der Waals surface area contributed by atoms with Crippen molar-refractivity contribution in [1.82, 2.24) is 19.9 Å². The molecule has 2 atom stereocenters. The summed E-state index contributed by atoms with van der Waals surface area (Å²) in [5, 5.41) is 9.41. The van der Waals surface area contributed by atoms with E-state index in [9.17, 15) is 10.1 Å². The number of amides is 1. The Morgan fingerprint density at radius 3 is 2.61 bits per heavy atom. The van der Waals surface area contributed by atoms with Crippen molar-refractivity contribution in [2.45, 2.75) is 64.5 Å². The number of rotatable bonds is 5. The topological polar surface area (TPSA) is 98.5 Å². The Hall–Kier alpha value is -3.25. The fraction of sp³-hybridized carbons (Fsp3) is 0.593. The van der Waals surface area contributed by atoms with E-state index >= 15 is 0 Å². The molecule has 9 nitrogen and oxygen atoms in total. The molecule has 1 amide bonds. The highest BCUT2D eigenvalue weighted by Crippen LogP contribution is 2.56. The summed E-state index contributed by atoms with van der Waals surface area (Å²) in [4.78, 5) is 34.0. The molecule has 4 heterocycles. The number of aromatic nitrogens is 3. The molecule has 0 N–H and O–H groups in total. The summed E-state index contributed by atoms with van der Waals surface area (Å²) < 4.78 is 5.32. The van der Waals surface area contributed by atoms with Crippen molar-refractivity contribution in [1.29, 1.82) is 5.26 Å². The Morgan fingerprint density at radius 2 is 1.94 bits per heavy atom. The summed E-state index contributed by atoms with van der Waals surface area (Å²) in [5.41, 5.74) is 1.21. The first-order valence-electron chi connectivity index (χ1n) is 12.8. The third-order valence-electron chi connectivity index (χ3n) is 8.12. The lowest BCUT2D eigenvalue weighted by molar-refractivity contribution is -0.146. The van der Waals surface area contributed by atoms with Crippen LogP contribution in [-0.4, -0.2) is 71.2 Å². The molecule has 2 fully saturated rings. The fourth-order valence-electron chi connectivity index (χ4n) is 6.07. The molecule has 0 unspecified atom stereocenters. The molecule has 36 heavy (non-hydrogen) atoms. The molecular weight excluding hydrogens is 454 g/mol. The van der Waals surface area contributed by atoms with E-state index in [1.807, 2.05) is 24.8 Å². The van der Waals surface area contributed by atoms with Crippen LogP contribution in [0.5, 0.6) is 0 Å². The molecule has 0 aromatic carbocycles. The van der Waals surface area contributed by atoms with Crippen LogP contribution < -0.4 is 9.80 Å². The summed E-state index contributed by atoms with van der Waals surface area (Å²) in [7, 11) is 1.64. The first-order chi connectivity index (χ1) is 17.2. The number of nitrogens with zero attached hydrogens (tertiary/aromatic N) is 7. The molecule has 0 radical (unpaired) electrons. The predicted molar refractivity (Wildman–Crippen MR) is 137 cm³/mol. The van der Waals surface area contributed by atoms with Gasteiger partial charge in [-0.3, -0.25) is 4.79 Å². The van der Waals surface area contributed by atoms with Crippen LogP contribution in [0.25, 0.3) is 0 Å². The van der Waals surface area contributed by atoms with Gasteiger partial charge in [-0.05, 0) is 52.7 Å². The summed E-state index contributed by atoms with van der Waals surface area (Å²) in [6.45, 7) is 10.7. The van der Waals surface area contributed by atoms with Gasteiger partial charge in [-0.2, -0.15) is 5.26 Å². The first-order valence-corrected chi connectivity index (χ1v) is 12.8. The molecule has 1 saturated heterocycles. The number of hydrogen-bond donors (Lipinski definition) is 0. The Labute approximate surface area is 213 Å². The molecule has 2 aromatic rings. The quantitative estimate of drug-likeness (QED) is 0.630. The molecule has 9 heteroatoms. The molecular formula is C27H35N7O2. The van der Waals surface area contributed by atoms with Crippen LogP contribution >= 0.6 is 0 Å². The second-order valence-corrected chi connectivity index (χ2v) is 11.3. The zero-order valence-corrected chi connectivity index (χ0v) is 21.9. The van der Waals surface area contributed by atoms with Gasteiger partial charge in [0.25, 0.3) is 0 Å². The highest BCUT2D eigenvalue weighted by molar-refractivity contribution is 5.83. The van der Waals surface area contributed by atoms with Gasteiger partial charge in [0.15, 0.2) is 0 Å². The minimum atomic E-state index is -0.567. The van der Waals surface area contributed by atoms with Gasteiger partial charge in [-0.25, -0.2) is 15.0 Å². The van der Waals surface area contributed by atoms with Crippen molar-refractivity contribution in [3.63, 3.8) is 0 Å². The molecule has 5 rings (SSSR count). The highest BCUT2D eigenvalue weighted by Gasteiger charge is 2.52. The minimum Gasteiger partial charge on any atom is -0.384 e. The van der Waals surface area contributed by atoms with Crippen LogP contribution in [0.3, 0.4) is 0 Å². The van der Waals surface area contributed by atoms with Crippen molar-refractivity contribution in [3.05, 3.63) is 35.8 Å². The Morgan fingerprint density at radius 1 is 1.19 bits per heavy atom. The lowest BCUT2D eigenvalue weighted by Crippen LogP contribution is -2.61. The third-order valence-corrected chi connectivity index (χ3v) is 8.12. The SMILES string of the molecule is COCC(C)(C)C(=O)N1C[C@H](C)N(c2ncnc3c2C2(CCC2)CN3c2cc(C#N)ccn2)C[C@H]1C. The van der Waals surface area contributed by atoms with Gasteiger partial charge in [-0.1, -0.05) is 6.42 Å². The molecule has 2 aromatic heterocycles. The lowest BCUT2D eigenvalue weighted by atomic mass is 9.66. The number of piperazine rings is 1. The number of methoxy groups -OCH3 is 1. The summed E-state index contributed by atoms with van der Waals surface area (Å²) in [5.74, 6) is 2.74. The smallest absolute Gasteiger partial charge is 0.230 e. The van der Waals surface area contributed by atoms with Crippen molar-refractivity contribution >= 4 is 23.4 Å². The van der Waals surface area contributed by atoms with Crippen LogP contribution in [-0.2, 0) is 14.9 Å². The molecule has 2 aliphatic heterocycles. The van der Waals surface area contributed by atoms with Gasteiger partial charge in [0.2, 0.25) is 5.91 Å². The number of carbonyl (C=O) groups excluding carboxylic acids is 1. The maximum Gasteiger partial charge on any atom is 0.230 e. The number of fused-ring (bicyclic) bond motifs is 2.